The van der Waals surface area contributed by atoms with Crippen LogP contribution >= 0.6 is 0 Å². The van der Waals surface area contributed by atoms with Crippen molar-refractivity contribution in [3.8, 4) is 0 Å². The van der Waals surface area contributed by atoms with Gasteiger partial charge in [-0.25, -0.2) is 0 Å². The highest BCUT2D eigenvalue weighted by Crippen LogP contribution is 1.86. The largest absolute Gasteiger partial charge is 0.410 e. The molecule has 0 bridgehead atoms. The molecule has 0 fully saturated rings. The van der Waals surface area contributed by atoms with Gasteiger partial charge < -0.3 is 14.9 Å². The molecule has 0 aromatic carbocycles. The summed E-state index contributed by atoms with van der Waals surface area (Å²) < 4.78 is 3.33. The second-order valence-corrected chi connectivity index (χ2v) is 0.776. The molecule has 0 aliphatic rings. The van der Waals surface area contributed by atoms with Crippen LogP contribution in [0, 0.1) is 0 Å². The van der Waals surface area contributed by atoms with Crippen molar-refractivity contribution in [2.45, 2.75) is 5.87 Å². The molecule has 0 unspecified atom stereocenters. The SMILES string of the molecule is [B]OC([B])(O)O. The second kappa shape index (κ2) is 1.64. The number of rotatable bonds is 1. The van der Waals surface area contributed by atoms with Crippen LogP contribution < -0.4 is 0 Å². The lowest BCUT2D eigenvalue weighted by atomic mass is 10.1. The molecule has 0 rings (SSSR count). The standard InChI is InChI=1S/CH2B2O3/c2-1(4,5)6-3/h4-5H. The lowest BCUT2D eigenvalue weighted by Crippen LogP contribution is -2.30. The zero-order valence-electron chi connectivity index (χ0n) is 2.96. The minimum absolute atomic E-state index is 2.68. The predicted octanol–water partition coefficient (Wildman–Crippen LogP) is -2.15. The summed E-state index contributed by atoms with van der Waals surface area (Å²) >= 11 is 0. The maximum Gasteiger partial charge on any atom is 0.288 e. The fraction of sp³-hybridized carbons (Fsp3) is 1.00. The van der Waals surface area contributed by atoms with Gasteiger partial charge in [0.1, 0.15) is 0 Å². The molecule has 0 atom stereocenters. The van der Waals surface area contributed by atoms with Crippen molar-refractivity contribution >= 4 is 15.9 Å². The van der Waals surface area contributed by atoms with Crippen molar-refractivity contribution in [3.63, 3.8) is 0 Å². The lowest BCUT2D eigenvalue weighted by molar-refractivity contribution is -0.222. The molecule has 0 saturated carbocycles. The van der Waals surface area contributed by atoms with Gasteiger partial charge in [0.25, 0.3) is 8.05 Å². The minimum Gasteiger partial charge on any atom is -0.410 e. The van der Waals surface area contributed by atoms with Crippen molar-refractivity contribution in [2.75, 3.05) is 0 Å². The number of hydrogen-bond donors (Lipinski definition) is 2. The third-order valence-electron chi connectivity index (χ3n) is 0.173. The zero-order valence-corrected chi connectivity index (χ0v) is 2.96. The Kier molecular flexibility index (Phi) is 1.64. The highest BCUT2D eigenvalue weighted by atomic mass is 16.7. The second-order valence-electron chi connectivity index (χ2n) is 0.776. The van der Waals surface area contributed by atoms with Gasteiger partial charge >= 0.3 is 0 Å². The third-order valence-corrected chi connectivity index (χ3v) is 0.173. The monoisotopic (exact) mass is 84.0 g/mol. The van der Waals surface area contributed by atoms with Crippen LogP contribution in [0.2, 0.25) is 0 Å². The Morgan fingerprint density at radius 2 is 1.67 bits per heavy atom. The Balaban J connectivity index is 3.17. The summed E-state index contributed by atoms with van der Waals surface area (Å²) in [4.78, 5) is 0. The average molecular weight is 83.6 g/mol. The molecule has 3 nitrogen and oxygen atoms in total. The van der Waals surface area contributed by atoms with E-state index in [1.807, 2.05) is 0 Å². The van der Waals surface area contributed by atoms with Crippen LogP contribution in [0.4, 0.5) is 0 Å². The minimum atomic E-state index is -2.68. The first kappa shape index (κ1) is 6.01. The first-order valence-electron chi connectivity index (χ1n) is 1.18. The highest BCUT2D eigenvalue weighted by molar-refractivity contribution is 6.14. The van der Waals surface area contributed by atoms with Crippen molar-refractivity contribution in [1.82, 2.24) is 0 Å². The molecular formula is CH2B2O3. The summed E-state index contributed by atoms with van der Waals surface area (Å²) in [5.41, 5.74) is 0. The maximum absolute atomic E-state index is 7.81. The van der Waals surface area contributed by atoms with Crippen LogP contribution in [-0.4, -0.2) is 32.0 Å². The Labute approximate surface area is 37.8 Å². The van der Waals surface area contributed by atoms with Crippen LogP contribution in [0.15, 0.2) is 0 Å². The van der Waals surface area contributed by atoms with Gasteiger partial charge in [-0.1, -0.05) is 0 Å². The number of aliphatic hydroxyl groups is 2. The van der Waals surface area contributed by atoms with Crippen molar-refractivity contribution in [3.05, 3.63) is 0 Å². The van der Waals surface area contributed by atoms with Gasteiger partial charge in [-0.3, -0.25) is 0 Å². The fourth-order valence-electron chi connectivity index (χ4n) is 0. The van der Waals surface area contributed by atoms with Crippen LogP contribution in [0.1, 0.15) is 0 Å². The van der Waals surface area contributed by atoms with Gasteiger partial charge in [0.15, 0.2) is 7.85 Å². The van der Waals surface area contributed by atoms with Gasteiger partial charge in [0.05, 0.1) is 0 Å². The lowest BCUT2D eigenvalue weighted by Gasteiger charge is -2.12. The molecule has 0 heterocycles. The molecule has 0 aromatic rings. The maximum atomic E-state index is 7.81. The van der Waals surface area contributed by atoms with E-state index in [1.165, 1.54) is 0 Å². The third kappa shape index (κ3) is 4.01. The van der Waals surface area contributed by atoms with E-state index in [2.05, 4.69) is 20.5 Å². The van der Waals surface area contributed by atoms with E-state index in [-0.39, 0.29) is 0 Å². The molecule has 0 spiro atoms. The smallest absolute Gasteiger partial charge is 0.288 e. The van der Waals surface area contributed by atoms with E-state index in [0.717, 1.165) is 0 Å². The highest BCUT2D eigenvalue weighted by Gasteiger charge is 2.08. The molecule has 0 aliphatic carbocycles. The topological polar surface area (TPSA) is 49.7 Å². The van der Waals surface area contributed by atoms with Crippen LogP contribution in [0.3, 0.4) is 0 Å². The van der Waals surface area contributed by atoms with Crippen molar-refractivity contribution < 1.29 is 14.9 Å². The molecule has 0 aromatic heterocycles. The first-order chi connectivity index (χ1) is 2.56. The molecule has 0 saturated heterocycles. The van der Waals surface area contributed by atoms with Gasteiger partial charge in [0.2, 0.25) is 5.87 Å². The summed E-state index contributed by atoms with van der Waals surface area (Å²) in [5, 5.41) is 15.6. The molecule has 0 aliphatic heterocycles. The number of hydrogen-bond acceptors (Lipinski definition) is 3. The Morgan fingerprint density at radius 3 is 1.67 bits per heavy atom. The summed E-state index contributed by atoms with van der Waals surface area (Å²) in [5.74, 6) is -2.68. The molecular weight excluding hydrogens is 81.6 g/mol. The summed E-state index contributed by atoms with van der Waals surface area (Å²) in [6.45, 7) is 0. The fourth-order valence-corrected chi connectivity index (χ4v) is 0. The van der Waals surface area contributed by atoms with Gasteiger partial charge in [-0.15, -0.1) is 0 Å². The zero-order chi connectivity index (χ0) is 5.21. The van der Waals surface area contributed by atoms with E-state index in [1.54, 1.807) is 0 Å². The van der Waals surface area contributed by atoms with Gasteiger partial charge in [-0.2, -0.15) is 0 Å². The van der Waals surface area contributed by atoms with Gasteiger partial charge in [0, 0.05) is 0 Å². The Hall–Kier alpha value is 0.00987. The van der Waals surface area contributed by atoms with Gasteiger partial charge in [-0.05, 0) is 0 Å². The summed E-state index contributed by atoms with van der Waals surface area (Å²) in [7, 11) is 8.48. The first-order valence-corrected chi connectivity index (χ1v) is 1.18. The van der Waals surface area contributed by atoms with E-state index < -0.39 is 5.87 Å². The Morgan fingerprint density at radius 1 is 1.50 bits per heavy atom. The normalized spacial score (nSPS) is 11.7. The molecule has 4 radical (unpaired) electrons. The Bertz CT molecular complexity index is 38.5. The molecule has 6 heavy (non-hydrogen) atoms. The molecule has 0 amide bonds. The van der Waals surface area contributed by atoms with E-state index in [4.69, 9.17) is 10.2 Å². The summed E-state index contributed by atoms with van der Waals surface area (Å²) in [6.07, 6.45) is 0. The molecule has 2 N–H and O–H groups in total. The average Bonchev–Trinajstić information content (AvgIpc) is 1.35. The van der Waals surface area contributed by atoms with Crippen LogP contribution in [0.25, 0.3) is 0 Å². The molecule has 5 heteroatoms. The van der Waals surface area contributed by atoms with E-state index in [0.29, 0.717) is 0 Å². The van der Waals surface area contributed by atoms with Crippen molar-refractivity contribution in [2.24, 2.45) is 0 Å². The van der Waals surface area contributed by atoms with Crippen LogP contribution in [-0.2, 0) is 4.65 Å². The quantitative estimate of drug-likeness (QED) is 0.281. The van der Waals surface area contributed by atoms with E-state index in [9.17, 15) is 0 Å². The predicted molar refractivity (Wildman–Crippen MR) is 19.8 cm³/mol. The molecule has 30 valence electrons. The van der Waals surface area contributed by atoms with E-state index >= 15 is 0 Å². The summed E-state index contributed by atoms with van der Waals surface area (Å²) in [6, 6.07) is 0. The van der Waals surface area contributed by atoms with Crippen LogP contribution in [0.5, 0.6) is 0 Å². The van der Waals surface area contributed by atoms with Crippen molar-refractivity contribution in [1.29, 1.82) is 0 Å².